The average Bonchev–Trinajstić information content (AvgIpc) is 3.00. The van der Waals surface area contributed by atoms with Crippen LogP contribution in [0.1, 0.15) is 18.4 Å². The molecule has 3 rings (SSSR count). The SMILES string of the molecule is NC(CS(=O)(=O)Cc1cnc2ccccc2c1)C1CCCO1. The summed E-state index contributed by atoms with van der Waals surface area (Å²) in [7, 11) is -3.28. The third-order valence-corrected chi connectivity index (χ3v) is 5.59. The van der Waals surface area contributed by atoms with Crippen molar-refractivity contribution in [3.05, 3.63) is 42.1 Å². The fourth-order valence-corrected chi connectivity index (χ4v) is 4.43. The van der Waals surface area contributed by atoms with Gasteiger partial charge in [-0.1, -0.05) is 18.2 Å². The fourth-order valence-electron chi connectivity index (χ4n) is 2.85. The van der Waals surface area contributed by atoms with Crippen molar-refractivity contribution in [2.45, 2.75) is 30.7 Å². The molecule has 1 aromatic heterocycles. The maximum Gasteiger partial charge on any atom is 0.156 e. The number of sulfone groups is 1. The Morgan fingerprint density at radius 3 is 2.95 bits per heavy atom. The molecule has 0 saturated carbocycles. The van der Waals surface area contributed by atoms with Crippen molar-refractivity contribution < 1.29 is 13.2 Å². The smallest absolute Gasteiger partial charge is 0.156 e. The summed E-state index contributed by atoms with van der Waals surface area (Å²) < 4.78 is 30.1. The van der Waals surface area contributed by atoms with Gasteiger partial charge in [-0.05, 0) is 30.5 Å². The molecule has 5 nitrogen and oxygen atoms in total. The Morgan fingerprint density at radius 1 is 1.36 bits per heavy atom. The summed E-state index contributed by atoms with van der Waals surface area (Å²) in [5.74, 6) is -0.0876. The monoisotopic (exact) mass is 320 g/mol. The highest BCUT2D eigenvalue weighted by molar-refractivity contribution is 7.90. The van der Waals surface area contributed by atoms with Crippen LogP contribution in [0.15, 0.2) is 36.5 Å². The van der Waals surface area contributed by atoms with Gasteiger partial charge in [0.25, 0.3) is 0 Å². The van der Waals surface area contributed by atoms with Crippen molar-refractivity contribution >= 4 is 20.7 Å². The summed E-state index contributed by atoms with van der Waals surface area (Å²) in [5, 5.41) is 0.943. The lowest BCUT2D eigenvalue weighted by atomic mass is 10.1. The van der Waals surface area contributed by atoms with Gasteiger partial charge >= 0.3 is 0 Å². The number of para-hydroxylation sites is 1. The molecule has 1 saturated heterocycles. The molecule has 118 valence electrons. The number of fused-ring (bicyclic) bond motifs is 1. The van der Waals surface area contributed by atoms with Crippen molar-refractivity contribution in [2.24, 2.45) is 5.73 Å². The molecule has 1 fully saturated rings. The predicted octanol–water partition coefficient (Wildman–Crippen LogP) is 1.66. The lowest BCUT2D eigenvalue weighted by Crippen LogP contribution is -2.40. The van der Waals surface area contributed by atoms with Crippen LogP contribution in [-0.4, -0.2) is 37.9 Å². The number of nitrogens with zero attached hydrogens (tertiary/aromatic N) is 1. The molecule has 1 aliphatic rings. The van der Waals surface area contributed by atoms with E-state index < -0.39 is 15.9 Å². The second-order valence-corrected chi connectivity index (χ2v) is 7.92. The van der Waals surface area contributed by atoms with E-state index in [1.165, 1.54) is 0 Å². The Bertz CT molecular complexity index is 755. The van der Waals surface area contributed by atoms with E-state index in [4.69, 9.17) is 10.5 Å². The molecule has 1 aromatic carbocycles. The summed E-state index contributed by atoms with van der Waals surface area (Å²) in [6.07, 6.45) is 3.28. The maximum atomic E-state index is 12.3. The van der Waals surface area contributed by atoms with Crippen LogP contribution in [0.5, 0.6) is 0 Å². The van der Waals surface area contributed by atoms with Gasteiger partial charge in [0.1, 0.15) is 0 Å². The van der Waals surface area contributed by atoms with Crippen LogP contribution in [0.3, 0.4) is 0 Å². The third kappa shape index (κ3) is 3.63. The molecule has 0 aliphatic carbocycles. The summed E-state index contributed by atoms with van der Waals surface area (Å²) in [4.78, 5) is 4.30. The molecule has 2 atom stereocenters. The van der Waals surface area contributed by atoms with Crippen molar-refractivity contribution in [3.63, 3.8) is 0 Å². The first-order chi connectivity index (χ1) is 10.5. The molecular formula is C16H20N2O3S. The van der Waals surface area contributed by atoms with Crippen LogP contribution in [0.25, 0.3) is 10.9 Å². The highest BCUT2D eigenvalue weighted by Gasteiger charge is 2.27. The molecule has 2 heterocycles. The van der Waals surface area contributed by atoms with Gasteiger partial charge in [-0.3, -0.25) is 4.98 Å². The minimum Gasteiger partial charge on any atom is -0.377 e. The number of benzene rings is 1. The standard InChI is InChI=1S/C16H20N2O3S/c17-14(16-6-3-7-21-16)11-22(19,20)10-12-8-13-4-1-2-5-15(13)18-9-12/h1-2,4-5,8-9,14,16H,3,6-7,10-11,17H2. The normalized spacial score (nSPS) is 20.3. The van der Waals surface area contributed by atoms with E-state index >= 15 is 0 Å². The summed E-state index contributed by atoms with van der Waals surface area (Å²) in [5.41, 5.74) is 7.54. The van der Waals surface area contributed by atoms with E-state index in [2.05, 4.69) is 4.98 Å². The average molecular weight is 320 g/mol. The highest BCUT2D eigenvalue weighted by atomic mass is 32.2. The van der Waals surface area contributed by atoms with Gasteiger partial charge in [-0.15, -0.1) is 0 Å². The van der Waals surface area contributed by atoms with Gasteiger partial charge in [0.2, 0.25) is 0 Å². The van der Waals surface area contributed by atoms with Crippen molar-refractivity contribution in [1.82, 2.24) is 4.98 Å². The third-order valence-electron chi connectivity index (χ3n) is 3.92. The zero-order valence-corrected chi connectivity index (χ0v) is 13.1. The number of aromatic nitrogens is 1. The van der Waals surface area contributed by atoms with E-state index in [0.29, 0.717) is 12.2 Å². The van der Waals surface area contributed by atoms with E-state index in [9.17, 15) is 8.42 Å². The fraction of sp³-hybridized carbons (Fsp3) is 0.438. The molecule has 2 unspecified atom stereocenters. The van der Waals surface area contributed by atoms with E-state index in [0.717, 1.165) is 23.7 Å². The Kier molecular flexibility index (Phi) is 4.42. The van der Waals surface area contributed by atoms with Gasteiger partial charge < -0.3 is 10.5 Å². The van der Waals surface area contributed by atoms with Crippen molar-refractivity contribution in [2.75, 3.05) is 12.4 Å². The molecule has 2 N–H and O–H groups in total. The predicted molar refractivity (Wildman–Crippen MR) is 86.2 cm³/mol. The first-order valence-corrected chi connectivity index (χ1v) is 9.27. The van der Waals surface area contributed by atoms with Crippen LogP contribution in [0, 0.1) is 0 Å². The van der Waals surface area contributed by atoms with E-state index in [1.807, 2.05) is 30.3 Å². The number of ether oxygens (including phenoxy) is 1. The lowest BCUT2D eigenvalue weighted by Gasteiger charge is -2.18. The van der Waals surface area contributed by atoms with Crippen LogP contribution in [0.4, 0.5) is 0 Å². The Morgan fingerprint density at radius 2 is 2.18 bits per heavy atom. The summed E-state index contributed by atoms with van der Waals surface area (Å²) in [6, 6.07) is 9.07. The van der Waals surface area contributed by atoms with E-state index in [-0.39, 0.29) is 17.6 Å². The van der Waals surface area contributed by atoms with Gasteiger partial charge in [-0.2, -0.15) is 0 Å². The quantitative estimate of drug-likeness (QED) is 0.906. The van der Waals surface area contributed by atoms with E-state index in [1.54, 1.807) is 6.20 Å². The van der Waals surface area contributed by atoms with Crippen LogP contribution in [-0.2, 0) is 20.3 Å². The first kappa shape index (κ1) is 15.4. The number of hydrogen-bond acceptors (Lipinski definition) is 5. The summed E-state index contributed by atoms with van der Waals surface area (Å²) >= 11 is 0. The molecular weight excluding hydrogens is 300 g/mol. The molecule has 0 spiro atoms. The molecule has 22 heavy (non-hydrogen) atoms. The van der Waals surface area contributed by atoms with Gasteiger partial charge in [0, 0.05) is 24.2 Å². The second-order valence-electron chi connectivity index (χ2n) is 5.81. The Balaban J connectivity index is 1.71. The van der Waals surface area contributed by atoms with Crippen molar-refractivity contribution in [3.8, 4) is 0 Å². The first-order valence-electron chi connectivity index (χ1n) is 7.45. The largest absolute Gasteiger partial charge is 0.377 e. The zero-order valence-electron chi connectivity index (χ0n) is 12.3. The highest BCUT2D eigenvalue weighted by Crippen LogP contribution is 2.18. The van der Waals surface area contributed by atoms with Crippen molar-refractivity contribution in [1.29, 1.82) is 0 Å². The number of nitrogens with two attached hydrogens (primary N) is 1. The maximum absolute atomic E-state index is 12.3. The molecule has 2 aromatic rings. The minimum atomic E-state index is -3.28. The van der Waals surface area contributed by atoms with Crippen LogP contribution >= 0.6 is 0 Å². The molecule has 0 bridgehead atoms. The van der Waals surface area contributed by atoms with Gasteiger partial charge in [0.05, 0.1) is 23.1 Å². The number of hydrogen-bond donors (Lipinski definition) is 1. The minimum absolute atomic E-state index is 0.0365. The second kappa shape index (κ2) is 6.32. The topological polar surface area (TPSA) is 82.3 Å². The Hall–Kier alpha value is -1.50. The van der Waals surface area contributed by atoms with Crippen LogP contribution in [0.2, 0.25) is 0 Å². The Labute approximate surface area is 130 Å². The molecule has 6 heteroatoms. The lowest BCUT2D eigenvalue weighted by molar-refractivity contribution is 0.0954. The molecule has 0 radical (unpaired) electrons. The van der Waals surface area contributed by atoms with Crippen LogP contribution < -0.4 is 5.73 Å². The zero-order chi connectivity index (χ0) is 15.6. The van der Waals surface area contributed by atoms with Gasteiger partial charge in [0.15, 0.2) is 9.84 Å². The number of pyridine rings is 1. The summed E-state index contributed by atoms with van der Waals surface area (Å²) in [6.45, 7) is 0.674. The number of rotatable bonds is 5. The molecule has 1 aliphatic heterocycles. The molecule has 0 amide bonds. The van der Waals surface area contributed by atoms with Gasteiger partial charge in [-0.25, -0.2) is 8.42 Å².